The van der Waals surface area contributed by atoms with E-state index in [-0.39, 0.29) is 0 Å². The average Bonchev–Trinajstić information content (AvgIpc) is 2.98. The number of hydrogen-bond donors (Lipinski definition) is 1. The van der Waals surface area contributed by atoms with E-state index in [1.807, 2.05) is 47.2 Å². The third-order valence-corrected chi connectivity index (χ3v) is 4.78. The zero-order chi connectivity index (χ0) is 14.8. The molecule has 3 aromatic rings. The maximum absolute atomic E-state index is 6.38. The molecule has 0 saturated heterocycles. The molecule has 3 rings (SSSR count). The first-order valence-electron chi connectivity index (χ1n) is 6.18. The number of hydrogen-bond acceptors (Lipinski definition) is 2. The van der Waals surface area contributed by atoms with E-state index in [4.69, 9.17) is 34.8 Å². The Bertz CT molecular complexity index is 752. The molecular formula is C16H10Cl3NS. The molecule has 0 radical (unpaired) electrons. The second kappa shape index (κ2) is 6.29. The molecule has 0 aliphatic rings. The predicted octanol–water partition coefficient (Wildman–Crippen LogP) is 7.12. The van der Waals surface area contributed by atoms with Gasteiger partial charge in [0, 0.05) is 21.7 Å². The Morgan fingerprint density at radius 3 is 2.29 bits per heavy atom. The summed E-state index contributed by atoms with van der Waals surface area (Å²) in [4.78, 5) is 0. The molecule has 5 heteroatoms. The molecule has 0 amide bonds. The van der Waals surface area contributed by atoms with Gasteiger partial charge in [-0.25, -0.2) is 0 Å². The minimum Gasteiger partial charge on any atom is -0.353 e. The van der Waals surface area contributed by atoms with Crippen LogP contribution in [0.15, 0.2) is 53.2 Å². The van der Waals surface area contributed by atoms with Crippen molar-refractivity contribution in [3.05, 3.63) is 68.3 Å². The summed E-state index contributed by atoms with van der Waals surface area (Å²) in [6.45, 7) is 0. The SMILES string of the molecule is Clc1ccc(-c2ccc(Cl)c(Cl)c2Nc2ccsc2)cc1. The van der Waals surface area contributed by atoms with Crippen LogP contribution in [0, 0.1) is 0 Å². The molecule has 0 spiro atoms. The van der Waals surface area contributed by atoms with Gasteiger partial charge in [0.05, 0.1) is 15.7 Å². The quantitative estimate of drug-likeness (QED) is 0.528. The van der Waals surface area contributed by atoms with Gasteiger partial charge in [-0.05, 0) is 35.2 Å². The maximum atomic E-state index is 6.38. The van der Waals surface area contributed by atoms with Crippen LogP contribution in [0.4, 0.5) is 11.4 Å². The van der Waals surface area contributed by atoms with Crippen LogP contribution in [0.2, 0.25) is 15.1 Å². The Balaban J connectivity index is 2.11. The Morgan fingerprint density at radius 2 is 1.62 bits per heavy atom. The molecule has 0 fully saturated rings. The monoisotopic (exact) mass is 353 g/mol. The average molecular weight is 355 g/mol. The summed E-state index contributed by atoms with van der Waals surface area (Å²) in [5.74, 6) is 0. The number of benzene rings is 2. The molecule has 0 aliphatic heterocycles. The Morgan fingerprint density at radius 1 is 0.857 bits per heavy atom. The molecular weight excluding hydrogens is 345 g/mol. The van der Waals surface area contributed by atoms with Crippen LogP contribution in [0.5, 0.6) is 0 Å². The van der Waals surface area contributed by atoms with E-state index in [1.54, 1.807) is 17.4 Å². The summed E-state index contributed by atoms with van der Waals surface area (Å²) >= 11 is 20.1. The highest BCUT2D eigenvalue weighted by Gasteiger charge is 2.13. The van der Waals surface area contributed by atoms with E-state index < -0.39 is 0 Å². The highest BCUT2D eigenvalue weighted by atomic mass is 35.5. The summed E-state index contributed by atoms with van der Waals surface area (Å²) in [6.07, 6.45) is 0. The predicted molar refractivity (Wildman–Crippen MR) is 94.5 cm³/mol. The summed E-state index contributed by atoms with van der Waals surface area (Å²) in [5, 5.41) is 9.09. The van der Waals surface area contributed by atoms with E-state index in [2.05, 4.69) is 5.32 Å². The van der Waals surface area contributed by atoms with Crippen LogP contribution >= 0.6 is 46.1 Å². The molecule has 0 unspecified atom stereocenters. The second-order valence-corrected chi connectivity index (χ2v) is 6.43. The van der Waals surface area contributed by atoms with Gasteiger partial charge >= 0.3 is 0 Å². The van der Waals surface area contributed by atoms with Crippen molar-refractivity contribution in [2.24, 2.45) is 0 Å². The smallest absolute Gasteiger partial charge is 0.0833 e. The van der Waals surface area contributed by atoms with Gasteiger partial charge in [0.2, 0.25) is 0 Å². The standard InChI is InChI=1S/C16H10Cl3NS/c17-11-3-1-10(2-4-11)13-5-6-14(18)15(19)16(13)20-12-7-8-21-9-12/h1-9,20H. The first-order valence-corrected chi connectivity index (χ1v) is 8.26. The fourth-order valence-electron chi connectivity index (χ4n) is 2.02. The summed E-state index contributed by atoms with van der Waals surface area (Å²) in [6, 6.07) is 13.4. The summed E-state index contributed by atoms with van der Waals surface area (Å²) in [5.41, 5.74) is 3.78. The molecule has 0 aliphatic carbocycles. The van der Waals surface area contributed by atoms with Gasteiger partial charge in [0.15, 0.2) is 0 Å². The fourth-order valence-corrected chi connectivity index (χ4v) is 3.11. The van der Waals surface area contributed by atoms with Crippen molar-refractivity contribution < 1.29 is 0 Å². The van der Waals surface area contributed by atoms with Gasteiger partial charge in [-0.2, -0.15) is 11.3 Å². The Labute approximate surface area is 142 Å². The van der Waals surface area contributed by atoms with Crippen molar-refractivity contribution in [3.63, 3.8) is 0 Å². The van der Waals surface area contributed by atoms with Crippen molar-refractivity contribution in [1.29, 1.82) is 0 Å². The molecule has 106 valence electrons. The van der Waals surface area contributed by atoms with Gasteiger partial charge in [0.1, 0.15) is 0 Å². The highest BCUT2D eigenvalue weighted by molar-refractivity contribution is 7.08. The maximum Gasteiger partial charge on any atom is 0.0833 e. The number of thiophene rings is 1. The molecule has 1 N–H and O–H groups in total. The largest absolute Gasteiger partial charge is 0.353 e. The third kappa shape index (κ3) is 3.19. The van der Waals surface area contributed by atoms with Crippen molar-refractivity contribution in [1.82, 2.24) is 0 Å². The minimum absolute atomic E-state index is 0.510. The number of anilines is 2. The van der Waals surface area contributed by atoms with Crippen LogP contribution in [0.25, 0.3) is 11.1 Å². The van der Waals surface area contributed by atoms with Crippen LogP contribution < -0.4 is 5.32 Å². The van der Waals surface area contributed by atoms with Gasteiger partial charge in [-0.15, -0.1) is 0 Å². The summed E-state index contributed by atoms with van der Waals surface area (Å²) < 4.78 is 0. The molecule has 1 heterocycles. The van der Waals surface area contributed by atoms with E-state index in [1.165, 1.54) is 0 Å². The lowest BCUT2D eigenvalue weighted by Gasteiger charge is -2.14. The van der Waals surface area contributed by atoms with Crippen LogP contribution in [-0.4, -0.2) is 0 Å². The van der Waals surface area contributed by atoms with Gasteiger partial charge < -0.3 is 5.32 Å². The first kappa shape index (κ1) is 14.7. The zero-order valence-electron chi connectivity index (χ0n) is 10.7. The lowest BCUT2D eigenvalue weighted by molar-refractivity contribution is 1.55. The lowest BCUT2D eigenvalue weighted by atomic mass is 10.0. The van der Waals surface area contributed by atoms with Gasteiger partial charge in [0.25, 0.3) is 0 Å². The molecule has 0 saturated carbocycles. The normalized spacial score (nSPS) is 10.6. The second-order valence-electron chi connectivity index (χ2n) is 4.43. The minimum atomic E-state index is 0.510. The van der Waals surface area contributed by atoms with Crippen molar-refractivity contribution in [2.75, 3.05) is 5.32 Å². The van der Waals surface area contributed by atoms with Gasteiger partial charge in [-0.3, -0.25) is 0 Å². The van der Waals surface area contributed by atoms with E-state index in [9.17, 15) is 0 Å². The van der Waals surface area contributed by atoms with Crippen molar-refractivity contribution >= 4 is 57.5 Å². The zero-order valence-corrected chi connectivity index (χ0v) is 13.8. The first-order chi connectivity index (χ1) is 10.1. The van der Waals surface area contributed by atoms with E-state index in [0.717, 1.165) is 22.5 Å². The lowest BCUT2D eigenvalue weighted by Crippen LogP contribution is -1.94. The molecule has 21 heavy (non-hydrogen) atoms. The molecule has 1 aromatic heterocycles. The van der Waals surface area contributed by atoms with E-state index in [0.29, 0.717) is 15.1 Å². The summed E-state index contributed by atoms with van der Waals surface area (Å²) in [7, 11) is 0. The third-order valence-electron chi connectivity index (χ3n) is 3.04. The fraction of sp³-hybridized carbons (Fsp3) is 0. The van der Waals surface area contributed by atoms with Crippen LogP contribution in [0.1, 0.15) is 0 Å². The Hall–Kier alpha value is -1.19. The molecule has 0 bridgehead atoms. The molecule has 0 atom stereocenters. The number of nitrogens with one attached hydrogen (secondary N) is 1. The number of rotatable bonds is 3. The Kier molecular flexibility index (Phi) is 4.41. The molecule has 2 aromatic carbocycles. The highest BCUT2D eigenvalue weighted by Crippen LogP contribution is 2.40. The topological polar surface area (TPSA) is 12.0 Å². The van der Waals surface area contributed by atoms with E-state index >= 15 is 0 Å². The number of halogens is 3. The van der Waals surface area contributed by atoms with Crippen molar-refractivity contribution in [2.45, 2.75) is 0 Å². The van der Waals surface area contributed by atoms with Gasteiger partial charge in [-0.1, -0.05) is 53.0 Å². The van der Waals surface area contributed by atoms with Crippen molar-refractivity contribution in [3.8, 4) is 11.1 Å². The van der Waals surface area contributed by atoms with Crippen LogP contribution in [0.3, 0.4) is 0 Å². The van der Waals surface area contributed by atoms with Crippen LogP contribution in [-0.2, 0) is 0 Å². The molecule has 1 nitrogen and oxygen atoms in total.